The number of benzene rings is 1. The van der Waals surface area contributed by atoms with Crippen LogP contribution in [0.2, 0.25) is 0 Å². The van der Waals surface area contributed by atoms with Gasteiger partial charge in [-0.1, -0.05) is 25.3 Å². The lowest BCUT2D eigenvalue weighted by Gasteiger charge is -2.30. The van der Waals surface area contributed by atoms with E-state index in [-0.39, 0.29) is 0 Å². The van der Waals surface area contributed by atoms with Crippen molar-refractivity contribution in [3.8, 4) is 0 Å². The van der Waals surface area contributed by atoms with Crippen molar-refractivity contribution in [3.63, 3.8) is 0 Å². The van der Waals surface area contributed by atoms with Crippen LogP contribution < -0.4 is 5.73 Å². The van der Waals surface area contributed by atoms with Crippen molar-refractivity contribution in [2.75, 3.05) is 5.73 Å². The van der Waals surface area contributed by atoms with Gasteiger partial charge < -0.3 is 5.73 Å². The Morgan fingerprint density at radius 3 is 2.56 bits per heavy atom. The molecular formula is C14H20N2. The highest BCUT2D eigenvalue weighted by atomic mass is 15.2. The predicted molar refractivity (Wildman–Crippen MR) is 67.0 cm³/mol. The monoisotopic (exact) mass is 216 g/mol. The molecule has 86 valence electrons. The topological polar surface area (TPSA) is 29.3 Å². The van der Waals surface area contributed by atoms with Crippen molar-refractivity contribution in [1.82, 2.24) is 4.90 Å². The van der Waals surface area contributed by atoms with Gasteiger partial charge in [0.2, 0.25) is 0 Å². The summed E-state index contributed by atoms with van der Waals surface area (Å²) >= 11 is 0. The average Bonchev–Trinajstić information content (AvgIpc) is 2.73. The van der Waals surface area contributed by atoms with E-state index in [1.54, 1.807) is 0 Å². The molecule has 0 amide bonds. The van der Waals surface area contributed by atoms with Crippen LogP contribution in [-0.2, 0) is 13.1 Å². The number of hydrogen-bond acceptors (Lipinski definition) is 2. The molecule has 1 aromatic rings. The van der Waals surface area contributed by atoms with E-state index in [1.807, 2.05) is 6.07 Å². The highest BCUT2D eigenvalue weighted by Crippen LogP contribution is 2.31. The van der Waals surface area contributed by atoms with Crippen LogP contribution in [0.15, 0.2) is 18.2 Å². The fourth-order valence-electron chi connectivity index (χ4n) is 3.15. The largest absolute Gasteiger partial charge is 0.399 e. The van der Waals surface area contributed by atoms with Gasteiger partial charge in [0.25, 0.3) is 0 Å². The lowest BCUT2D eigenvalue weighted by Crippen LogP contribution is -2.32. The Morgan fingerprint density at radius 2 is 1.75 bits per heavy atom. The highest BCUT2D eigenvalue weighted by Gasteiger charge is 2.26. The highest BCUT2D eigenvalue weighted by molar-refractivity contribution is 5.46. The van der Waals surface area contributed by atoms with Crippen molar-refractivity contribution in [2.45, 2.75) is 51.2 Å². The number of nitrogens with two attached hydrogens (primary N) is 1. The third kappa shape index (κ3) is 1.82. The van der Waals surface area contributed by atoms with Gasteiger partial charge in [0.05, 0.1) is 0 Å². The molecule has 0 bridgehead atoms. The van der Waals surface area contributed by atoms with E-state index < -0.39 is 0 Å². The van der Waals surface area contributed by atoms with Gasteiger partial charge >= 0.3 is 0 Å². The van der Waals surface area contributed by atoms with E-state index in [9.17, 15) is 0 Å². The first-order valence-corrected chi connectivity index (χ1v) is 6.44. The molecule has 1 fully saturated rings. The zero-order valence-corrected chi connectivity index (χ0v) is 9.78. The van der Waals surface area contributed by atoms with Crippen LogP contribution in [0.25, 0.3) is 0 Å². The number of nitrogen functional groups attached to an aromatic ring is 1. The molecule has 0 saturated heterocycles. The maximum atomic E-state index is 5.84. The molecule has 0 unspecified atom stereocenters. The van der Waals surface area contributed by atoms with Crippen LogP contribution in [0.4, 0.5) is 5.69 Å². The lowest BCUT2D eigenvalue weighted by atomic mass is 9.94. The SMILES string of the molecule is Nc1ccc2c(c1)CN(C1CCCCC1)C2. The number of hydrogen-bond donors (Lipinski definition) is 1. The van der Waals surface area contributed by atoms with Crippen molar-refractivity contribution in [3.05, 3.63) is 29.3 Å². The van der Waals surface area contributed by atoms with Gasteiger partial charge in [-0.2, -0.15) is 0 Å². The second-order valence-corrected chi connectivity index (χ2v) is 5.22. The minimum Gasteiger partial charge on any atom is -0.399 e. The third-order valence-electron chi connectivity index (χ3n) is 4.07. The molecule has 2 N–H and O–H groups in total. The molecule has 1 aliphatic carbocycles. The first-order valence-electron chi connectivity index (χ1n) is 6.44. The van der Waals surface area contributed by atoms with E-state index in [0.717, 1.165) is 24.8 Å². The molecule has 1 aromatic carbocycles. The summed E-state index contributed by atoms with van der Waals surface area (Å²) in [6.45, 7) is 2.26. The maximum absolute atomic E-state index is 5.84. The summed E-state index contributed by atoms with van der Waals surface area (Å²) in [6, 6.07) is 7.21. The summed E-state index contributed by atoms with van der Waals surface area (Å²) in [5, 5.41) is 0. The third-order valence-corrected chi connectivity index (χ3v) is 4.07. The molecule has 2 heteroatoms. The molecule has 2 nitrogen and oxygen atoms in total. The molecule has 0 aromatic heterocycles. The summed E-state index contributed by atoms with van der Waals surface area (Å²) in [5.41, 5.74) is 9.68. The van der Waals surface area contributed by atoms with Crippen molar-refractivity contribution < 1.29 is 0 Å². The average molecular weight is 216 g/mol. The van der Waals surface area contributed by atoms with E-state index >= 15 is 0 Å². The van der Waals surface area contributed by atoms with Crippen molar-refractivity contribution >= 4 is 5.69 Å². The number of fused-ring (bicyclic) bond motifs is 1. The molecule has 3 rings (SSSR count). The first-order chi connectivity index (χ1) is 7.83. The van der Waals surface area contributed by atoms with Crippen LogP contribution in [0, 0.1) is 0 Å². The zero-order chi connectivity index (χ0) is 11.0. The fourth-order valence-corrected chi connectivity index (χ4v) is 3.15. The Kier molecular flexibility index (Phi) is 2.60. The lowest BCUT2D eigenvalue weighted by molar-refractivity contribution is 0.156. The van der Waals surface area contributed by atoms with Gasteiger partial charge in [0.1, 0.15) is 0 Å². The van der Waals surface area contributed by atoms with E-state index in [4.69, 9.17) is 5.73 Å². The summed E-state index contributed by atoms with van der Waals surface area (Å²) in [7, 11) is 0. The molecular weight excluding hydrogens is 196 g/mol. The van der Waals surface area contributed by atoms with Crippen LogP contribution in [0.5, 0.6) is 0 Å². The van der Waals surface area contributed by atoms with Crippen molar-refractivity contribution in [2.24, 2.45) is 0 Å². The van der Waals surface area contributed by atoms with Gasteiger partial charge in [0, 0.05) is 24.8 Å². The summed E-state index contributed by atoms with van der Waals surface area (Å²) in [6.07, 6.45) is 7.05. The van der Waals surface area contributed by atoms with E-state index in [2.05, 4.69) is 17.0 Å². The zero-order valence-electron chi connectivity index (χ0n) is 9.78. The van der Waals surface area contributed by atoms with Crippen LogP contribution >= 0.6 is 0 Å². The number of nitrogens with zero attached hydrogens (tertiary/aromatic N) is 1. The van der Waals surface area contributed by atoms with E-state index in [1.165, 1.54) is 43.2 Å². The molecule has 0 atom stereocenters. The number of rotatable bonds is 1. The summed E-state index contributed by atoms with van der Waals surface area (Å²) in [5.74, 6) is 0. The normalized spacial score (nSPS) is 22.2. The second-order valence-electron chi connectivity index (χ2n) is 5.22. The Hall–Kier alpha value is -1.02. The molecule has 0 spiro atoms. The Bertz CT molecular complexity index is 380. The van der Waals surface area contributed by atoms with Gasteiger partial charge in [-0.25, -0.2) is 0 Å². The second kappa shape index (κ2) is 4.10. The minimum atomic E-state index is 0.822. The van der Waals surface area contributed by atoms with Gasteiger partial charge in [0.15, 0.2) is 0 Å². The van der Waals surface area contributed by atoms with Crippen LogP contribution in [0.3, 0.4) is 0 Å². The maximum Gasteiger partial charge on any atom is 0.0317 e. The molecule has 1 heterocycles. The Morgan fingerprint density at radius 1 is 1.00 bits per heavy atom. The Balaban J connectivity index is 1.74. The fraction of sp³-hybridized carbons (Fsp3) is 0.571. The quantitative estimate of drug-likeness (QED) is 0.731. The molecule has 0 radical (unpaired) electrons. The molecule has 1 saturated carbocycles. The minimum absolute atomic E-state index is 0.822. The van der Waals surface area contributed by atoms with Gasteiger partial charge in [-0.15, -0.1) is 0 Å². The summed E-state index contributed by atoms with van der Waals surface area (Å²) < 4.78 is 0. The van der Waals surface area contributed by atoms with E-state index in [0.29, 0.717) is 0 Å². The van der Waals surface area contributed by atoms with Crippen molar-refractivity contribution in [1.29, 1.82) is 0 Å². The smallest absolute Gasteiger partial charge is 0.0317 e. The van der Waals surface area contributed by atoms with Crippen LogP contribution in [0.1, 0.15) is 43.2 Å². The Labute approximate surface area is 97.4 Å². The standard InChI is InChI=1S/C14H20N2/c15-13-7-6-11-9-16(10-12(11)8-13)14-4-2-1-3-5-14/h6-8,14H,1-5,9-10,15H2. The first kappa shape index (κ1) is 10.2. The van der Waals surface area contributed by atoms with Crippen LogP contribution in [-0.4, -0.2) is 10.9 Å². The summed E-state index contributed by atoms with van der Waals surface area (Å²) in [4.78, 5) is 2.64. The molecule has 1 aliphatic heterocycles. The molecule has 16 heavy (non-hydrogen) atoms. The molecule has 2 aliphatic rings. The van der Waals surface area contributed by atoms with Gasteiger partial charge in [-0.05, 0) is 36.1 Å². The predicted octanol–water partition coefficient (Wildman–Crippen LogP) is 2.92. The van der Waals surface area contributed by atoms with Gasteiger partial charge in [-0.3, -0.25) is 4.90 Å². The number of anilines is 1.